The summed E-state index contributed by atoms with van der Waals surface area (Å²) in [5, 5.41) is 14.5. The van der Waals surface area contributed by atoms with Crippen LogP contribution in [0, 0.1) is 5.92 Å². The van der Waals surface area contributed by atoms with E-state index in [2.05, 4.69) is 10.6 Å². The van der Waals surface area contributed by atoms with Crippen LogP contribution in [0.4, 0.5) is 0 Å². The third kappa shape index (κ3) is 8.08. The second-order valence-electron chi connectivity index (χ2n) is 8.38. The molecule has 0 radical (unpaired) electrons. The molecule has 0 bridgehead atoms. The number of carboxylic acids is 1. The molecule has 1 aliphatic rings. The molecular weight excluding hydrogens is 420 g/mol. The van der Waals surface area contributed by atoms with E-state index in [9.17, 15) is 29.1 Å². The lowest BCUT2D eigenvalue weighted by molar-refractivity contribution is -0.144. The van der Waals surface area contributed by atoms with E-state index in [1.165, 1.54) is 4.90 Å². The molecule has 9 N–H and O–H groups in total. The summed E-state index contributed by atoms with van der Waals surface area (Å²) in [5.41, 5.74) is 16.4. The smallest absolute Gasteiger partial charge is 0.326 e. The molecule has 0 spiro atoms. The van der Waals surface area contributed by atoms with Gasteiger partial charge in [-0.05, 0) is 44.6 Å². The zero-order valence-electron chi connectivity index (χ0n) is 18.7. The first kappa shape index (κ1) is 27.3. The predicted molar refractivity (Wildman–Crippen MR) is 116 cm³/mol. The van der Waals surface area contributed by atoms with Gasteiger partial charge in [0.15, 0.2) is 0 Å². The van der Waals surface area contributed by atoms with Crippen molar-refractivity contribution in [2.45, 2.75) is 76.5 Å². The van der Waals surface area contributed by atoms with Crippen molar-refractivity contribution in [2.24, 2.45) is 23.1 Å². The van der Waals surface area contributed by atoms with Crippen molar-refractivity contribution in [2.75, 3.05) is 13.1 Å². The van der Waals surface area contributed by atoms with E-state index in [4.69, 9.17) is 17.2 Å². The zero-order chi connectivity index (χ0) is 24.4. The number of nitrogens with one attached hydrogen (secondary N) is 2. The number of carbonyl (C=O) groups is 5. The van der Waals surface area contributed by atoms with Crippen LogP contribution in [0.5, 0.6) is 0 Å². The lowest BCUT2D eigenvalue weighted by atomic mass is 10.0. The van der Waals surface area contributed by atoms with Crippen LogP contribution in [-0.2, 0) is 24.0 Å². The molecule has 12 nitrogen and oxygen atoms in total. The topological polar surface area (TPSA) is 211 Å². The fraction of sp³-hybridized carbons (Fsp3) is 0.750. The minimum absolute atomic E-state index is 0.265. The number of carbonyl (C=O) groups excluding carboxylic acids is 4. The molecule has 182 valence electrons. The van der Waals surface area contributed by atoms with Crippen LogP contribution < -0.4 is 27.8 Å². The zero-order valence-corrected chi connectivity index (χ0v) is 18.7. The number of aliphatic carboxylic acids is 1. The Kier molecular flexibility index (Phi) is 11.1. The van der Waals surface area contributed by atoms with Gasteiger partial charge >= 0.3 is 5.97 Å². The first-order chi connectivity index (χ1) is 15.0. The highest BCUT2D eigenvalue weighted by Gasteiger charge is 2.38. The number of nitrogens with zero attached hydrogens (tertiary/aromatic N) is 1. The van der Waals surface area contributed by atoms with Crippen molar-refractivity contribution in [1.29, 1.82) is 0 Å². The van der Waals surface area contributed by atoms with Crippen molar-refractivity contribution in [3.05, 3.63) is 0 Å². The van der Waals surface area contributed by atoms with Crippen LogP contribution >= 0.6 is 0 Å². The molecule has 1 saturated heterocycles. The molecule has 32 heavy (non-hydrogen) atoms. The van der Waals surface area contributed by atoms with Gasteiger partial charge in [0.05, 0.1) is 12.5 Å². The average Bonchev–Trinajstić information content (AvgIpc) is 3.19. The maximum atomic E-state index is 12.9. The number of primary amides is 1. The van der Waals surface area contributed by atoms with Crippen LogP contribution in [0.1, 0.15) is 52.4 Å². The molecule has 1 fully saturated rings. The Morgan fingerprint density at radius 1 is 1.12 bits per heavy atom. The summed E-state index contributed by atoms with van der Waals surface area (Å²) in [6, 6.07) is -4.07. The maximum Gasteiger partial charge on any atom is 0.326 e. The molecule has 12 heteroatoms. The van der Waals surface area contributed by atoms with E-state index in [0.717, 1.165) is 0 Å². The quantitative estimate of drug-likeness (QED) is 0.170. The van der Waals surface area contributed by atoms with Crippen LogP contribution in [0.25, 0.3) is 0 Å². The number of carboxylic acid groups (broad SMARTS) is 1. The fourth-order valence-corrected chi connectivity index (χ4v) is 3.62. The minimum atomic E-state index is -1.17. The highest BCUT2D eigenvalue weighted by molar-refractivity contribution is 5.95. The molecule has 1 heterocycles. The largest absolute Gasteiger partial charge is 0.480 e. The first-order valence-corrected chi connectivity index (χ1v) is 10.9. The maximum absolute atomic E-state index is 12.9. The van der Waals surface area contributed by atoms with E-state index in [-0.39, 0.29) is 18.8 Å². The number of hydrogen-bond donors (Lipinski definition) is 6. The van der Waals surface area contributed by atoms with Gasteiger partial charge in [-0.15, -0.1) is 0 Å². The van der Waals surface area contributed by atoms with Gasteiger partial charge in [-0.1, -0.05) is 13.8 Å². The Labute approximate surface area is 187 Å². The summed E-state index contributed by atoms with van der Waals surface area (Å²) in [7, 11) is 0. The van der Waals surface area contributed by atoms with Gasteiger partial charge in [-0.25, -0.2) is 4.79 Å². The standard InChI is InChI=1S/C20H36N6O6/c1-11(2)16(20(31)32)25-17(28)13(6-3-4-8-21)24-18(29)14-7-5-9-26(14)19(30)12(22)10-15(23)27/h11-14,16H,3-10,21-22H2,1-2H3,(H2,23,27)(H,24,29)(H,25,28)(H,31,32). The van der Waals surface area contributed by atoms with Gasteiger partial charge in [0.1, 0.15) is 18.1 Å². The number of nitrogens with two attached hydrogens (primary N) is 3. The van der Waals surface area contributed by atoms with Crippen molar-refractivity contribution >= 4 is 29.6 Å². The van der Waals surface area contributed by atoms with E-state index in [1.807, 2.05) is 0 Å². The Hall–Kier alpha value is -2.73. The third-order valence-corrected chi connectivity index (χ3v) is 5.39. The Morgan fingerprint density at radius 3 is 2.31 bits per heavy atom. The van der Waals surface area contributed by atoms with E-state index in [0.29, 0.717) is 38.8 Å². The summed E-state index contributed by atoms with van der Waals surface area (Å²) in [5.74, 6) is -3.95. The Bertz CT molecular complexity index is 700. The lowest BCUT2D eigenvalue weighted by Gasteiger charge is -2.28. The summed E-state index contributed by atoms with van der Waals surface area (Å²) in [4.78, 5) is 62.1. The molecule has 0 aromatic carbocycles. The van der Waals surface area contributed by atoms with Crippen LogP contribution in [0.15, 0.2) is 0 Å². The van der Waals surface area contributed by atoms with Gasteiger partial charge in [0.25, 0.3) is 0 Å². The fourth-order valence-electron chi connectivity index (χ4n) is 3.62. The predicted octanol–water partition coefficient (Wildman–Crippen LogP) is -1.98. The normalized spacial score (nSPS) is 18.7. The minimum Gasteiger partial charge on any atom is -0.480 e. The van der Waals surface area contributed by atoms with Gasteiger partial charge < -0.3 is 37.8 Å². The molecule has 0 aromatic heterocycles. The Morgan fingerprint density at radius 2 is 1.78 bits per heavy atom. The number of likely N-dealkylation sites (tertiary alicyclic amines) is 1. The highest BCUT2D eigenvalue weighted by atomic mass is 16.4. The van der Waals surface area contributed by atoms with Crippen molar-refractivity contribution in [3.8, 4) is 0 Å². The molecule has 0 aromatic rings. The van der Waals surface area contributed by atoms with E-state index < -0.39 is 53.8 Å². The number of hydrogen-bond acceptors (Lipinski definition) is 7. The SMILES string of the molecule is CC(C)C(NC(=O)C(CCCCN)NC(=O)C1CCCN1C(=O)C(N)CC(N)=O)C(=O)O. The summed E-state index contributed by atoms with van der Waals surface area (Å²) in [6.07, 6.45) is 2.04. The highest BCUT2D eigenvalue weighted by Crippen LogP contribution is 2.19. The summed E-state index contributed by atoms with van der Waals surface area (Å²) >= 11 is 0. The molecule has 4 amide bonds. The number of rotatable bonds is 13. The number of amides is 4. The van der Waals surface area contributed by atoms with E-state index in [1.54, 1.807) is 13.8 Å². The van der Waals surface area contributed by atoms with Crippen LogP contribution in [0.2, 0.25) is 0 Å². The van der Waals surface area contributed by atoms with Gasteiger partial charge in [-0.3, -0.25) is 19.2 Å². The van der Waals surface area contributed by atoms with Crippen LogP contribution in [0.3, 0.4) is 0 Å². The molecule has 1 aliphatic heterocycles. The van der Waals surface area contributed by atoms with Gasteiger partial charge in [0.2, 0.25) is 23.6 Å². The van der Waals surface area contributed by atoms with Gasteiger partial charge in [-0.2, -0.15) is 0 Å². The molecule has 1 rings (SSSR count). The number of unbranched alkanes of at least 4 members (excludes halogenated alkanes) is 1. The molecule has 4 unspecified atom stereocenters. The summed E-state index contributed by atoms with van der Waals surface area (Å²) in [6.45, 7) is 4.04. The monoisotopic (exact) mass is 456 g/mol. The lowest BCUT2D eigenvalue weighted by Crippen LogP contribution is -2.57. The average molecular weight is 457 g/mol. The third-order valence-electron chi connectivity index (χ3n) is 5.39. The summed E-state index contributed by atoms with van der Waals surface area (Å²) < 4.78 is 0. The molecule has 0 aliphatic carbocycles. The van der Waals surface area contributed by atoms with E-state index >= 15 is 0 Å². The van der Waals surface area contributed by atoms with Crippen molar-refractivity contribution < 1.29 is 29.1 Å². The van der Waals surface area contributed by atoms with Gasteiger partial charge in [0, 0.05) is 6.54 Å². The molecule has 4 atom stereocenters. The molecular formula is C20H36N6O6. The van der Waals surface area contributed by atoms with Crippen molar-refractivity contribution in [3.63, 3.8) is 0 Å². The Balaban J connectivity index is 2.91. The first-order valence-electron chi connectivity index (χ1n) is 10.9. The second kappa shape index (κ2) is 13.0. The second-order valence-corrected chi connectivity index (χ2v) is 8.38. The van der Waals surface area contributed by atoms with Crippen LogP contribution in [-0.4, -0.2) is 76.9 Å². The molecule has 0 saturated carbocycles. The van der Waals surface area contributed by atoms with Crippen molar-refractivity contribution in [1.82, 2.24) is 15.5 Å².